The van der Waals surface area contributed by atoms with Crippen molar-refractivity contribution in [1.82, 2.24) is 14.7 Å². The van der Waals surface area contributed by atoms with Crippen molar-refractivity contribution in [2.24, 2.45) is 17.2 Å². The molecule has 0 aromatic heterocycles. The van der Waals surface area contributed by atoms with Gasteiger partial charge in [0.25, 0.3) is 0 Å². The van der Waals surface area contributed by atoms with Gasteiger partial charge in [-0.05, 0) is 63.4 Å². The maximum atomic E-state index is 6.97. The number of hydrogen-bond acceptors (Lipinski definition) is 7. The number of likely N-dealkylation sites (N-methyl/N-ethyl adjacent to an activating group) is 1. The van der Waals surface area contributed by atoms with Gasteiger partial charge in [-0.15, -0.1) is 0 Å². The molecule has 1 aromatic carbocycles. The second kappa shape index (κ2) is 10.1. The molecular formula is C24H43N7. The van der Waals surface area contributed by atoms with Crippen LogP contribution in [0.3, 0.4) is 0 Å². The first-order valence-corrected chi connectivity index (χ1v) is 12.4. The van der Waals surface area contributed by atoms with Gasteiger partial charge in [0, 0.05) is 24.3 Å². The number of hydrogen-bond donors (Lipinski definition) is 3. The zero-order chi connectivity index (χ0) is 22.0. The Morgan fingerprint density at radius 2 is 1.65 bits per heavy atom. The molecule has 174 valence electrons. The number of benzene rings is 1. The monoisotopic (exact) mass is 429 g/mol. The standard InChI is InChI=1S/C24H43N7/c1-3-28-15-9-14-21(28)17-29-22(25)30(19-11-6-4-5-7-12-19)24(27)31(23(29)26)20-13-8-10-18(2)16-20/h8,10,13,16,19,21-24H,3-7,9,11-12,14-15,17,25-27H2,1-2H3. The molecule has 3 fully saturated rings. The second-order valence-corrected chi connectivity index (χ2v) is 9.70. The van der Waals surface area contributed by atoms with Gasteiger partial charge in [0.15, 0.2) is 0 Å². The van der Waals surface area contributed by atoms with E-state index in [1.165, 1.54) is 50.6 Å². The minimum Gasteiger partial charge on any atom is -0.315 e. The van der Waals surface area contributed by atoms with E-state index >= 15 is 0 Å². The van der Waals surface area contributed by atoms with E-state index in [1.54, 1.807) is 0 Å². The largest absolute Gasteiger partial charge is 0.315 e. The van der Waals surface area contributed by atoms with E-state index in [0.29, 0.717) is 12.1 Å². The van der Waals surface area contributed by atoms with E-state index in [4.69, 9.17) is 17.2 Å². The maximum absolute atomic E-state index is 6.97. The second-order valence-electron chi connectivity index (χ2n) is 9.70. The molecule has 31 heavy (non-hydrogen) atoms. The fourth-order valence-electron chi connectivity index (χ4n) is 6.00. The number of rotatable bonds is 5. The van der Waals surface area contributed by atoms with Crippen molar-refractivity contribution in [3.8, 4) is 0 Å². The molecule has 2 saturated heterocycles. The highest BCUT2D eigenvalue weighted by Gasteiger charge is 2.46. The molecule has 0 amide bonds. The van der Waals surface area contributed by atoms with E-state index in [-0.39, 0.29) is 18.9 Å². The zero-order valence-electron chi connectivity index (χ0n) is 19.5. The first-order chi connectivity index (χ1) is 15.0. The molecule has 0 spiro atoms. The summed E-state index contributed by atoms with van der Waals surface area (Å²) in [6.45, 7) is 7.51. The Labute approximate surface area is 188 Å². The van der Waals surface area contributed by atoms with Gasteiger partial charge >= 0.3 is 0 Å². The topological polar surface area (TPSA) is 91.0 Å². The lowest BCUT2D eigenvalue weighted by Gasteiger charge is -2.57. The fraction of sp³-hybridized carbons (Fsp3) is 0.750. The minimum atomic E-state index is -0.340. The molecule has 2 aliphatic heterocycles. The SMILES string of the molecule is CCN1CCCC1CN1C(N)N(c2cccc(C)c2)C(N)N(C2CCCCCC2)C1N. The van der Waals surface area contributed by atoms with E-state index < -0.39 is 0 Å². The summed E-state index contributed by atoms with van der Waals surface area (Å²) in [7, 11) is 0. The maximum Gasteiger partial charge on any atom is 0.139 e. The molecule has 0 bridgehead atoms. The normalized spacial score (nSPS) is 32.5. The Morgan fingerprint density at radius 3 is 2.32 bits per heavy atom. The first-order valence-electron chi connectivity index (χ1n) is 12.4. The van der Waals surface area contributed by atoms with Gasteiger partial charge < -0.3 is 10.6 Å². The molecule has 4 rings (SSSR count). The van der Waals surface area contributed by atoms with Gasteiger partial charge in [0.1, 0.15) is 18.9 Å². The Bertz CT molecular complexity index is 705. The highest BCUT2D eigenvalue weighted by atomic mass is 15.7. The summed E-state index contributed by atoms with van der Waals surface area (Å²) in [4.78, 5) is 9.42. The van der Waals surface area contributed by atoms with E-state index in [1.807, 2.05) is 0 Å². The predicted molar refractivity (Wildman–Crippen MR) is 128 cm³/mol. The van der Waals surface area contributed by atoms with E-state index in [2.05, 4.69) is 57.7 Å². The third-order valence-corrected chi connectivity index (χ3v) is 7.73. The Balaban J connectivity index is 1.66. The minimum absolute atomic E-state index is 0.256. The lowest BCUT2D eigenvalue weighted by molar-refractivity contribution is -0.0917. The molecule has 4 atom stereocenters. The Morgan fingerprint density at radius 1 is 0.903 bits per heavy atom. The van der Waals surface area contributed by atoms with Gasteiger partial charge in [0.05, 0.1) is 0 Å². The van der Waals surface area contributed by atoms with Crippen molar-refractivity contribution in [3.63, 3.8) is 0 Å². The summed E-state index contributed by atoms with van der Waals surface area (Å²) in [6, 6.07) is 9.44. The van der Waals surface area contributed by atoms with Gasteiger partial charge in [-0.25, -0.2) is 9.80 Å². The number of nitrogens with zero attached hydrogens (tertiary/aromatic N) is 4. The first kappa shape index (κ1) is 23.0. The molecular weight excluding hydrogens is 386 g/mol. The van der Waals surface area contributed by atoms with Crippen molar-refractivity contribution in [2.75, 3.05) is 24.5 Å². The van der Waals surface area contributed by atoms with Crippen LogP contribution in [0.15, 0.2) is 24.3 Å². The van der Waals surface area contributed by atoms with Crippen molar-refractivity contribution < 1.29 is 0 Å². The Kier molecular flexibility index (Phi) is 7.52. The Hall–Kier alpha value is -1.22. The summed E-state index contributed by atoms with van der Waals surface area (Å²) in [5.74, 6) is 0. The summed E-state index contributed by atoms with van der Waals surface area (Å²) in [5, 5.41) is 0. The van der Waals surface area contributed by atoms with Gasteiger partial charge in [-0.3, -0.25) is 16.4 Å². The van der Waals surface area contributed by atoms with Crippen LogP contribution in [0.2, 0.25) is 0 Å². The van der Waals surface area contributed by atoms with Gasteiger partial charge in [0.2, 0.25) is 0 Å². The highest BCUT2D eigenvalue weighted by Crippen LogP contribution is 2.33. The lowest BCUT2D eigenvalue weighted by Crippen LogP contribution is -2.80. The number of likely N-dealkylation sites (tertiary alicyclic amines) is 1. The van der Waals surface area contributed by atoms with E-state index in [0.717, 1.165) is 31.6 Å². The molecule has 0 radical (unpaired) electrons. The van der Waals surface area contributed by atoms with Gasteiger partial charge in [-0.2, -0.15) is 0 Å². The third kappa shape index (κ3) is 4.77. The molecule has 4 unspecified atom stereocenters. The van der Waals surface area contributed by atoms with Gasteiger partial charge in [-0.1, -0.05) is 44.7 Å². The molecule has 6 N–H and O–H groups in total. The van der Waals surface area contributed by atoms with E-state index in [9.17, 15) is 0 Å². The van der Waals surface area contributed by atoms with Crippen LogP contribution in [0.4, 0.5) is 5.69 Å². The number of nitrogens with two attached hydrogens (primary N) is 3. The smallest absolute Gasteiger partial charge is 0.139 e. The zero-order valence-corrected chi connectivity index (χ0v) is 19.5. The van der Waals surface area contributed by atoms with Crippen molar-refractivity contribution in [1.29, 1.82) is 0 Å². The quantitative estimate of drug-likeness (QED) is 0.619. The van der Waals surface area contributed by atoms with Crippen LogP contribution in [0.1, 0.15) is 63.9 Å². The number of anilines is 1. The summed E-state index contributed by atoms with van der Waals surface area (Å²) < 4.78 is 0. The molecule has 7 nitrogen and oxygen atoms in total. The molecule has 1 aliphatic carbocycles. The van der Waals surface area contributed by atoms with Crippen LogP contribution in [-0.4, -0.2) is 65.3 Å². The van der Waals surface area contributed by atoms with Crippen LogP contribution in [0, 0.1) is 6.92 Å². The van der Waals surface area contributed by atoms with Crippen molar-refractivity contribution in [3.05, 3.63) is 29.8 Å². The predicted octanol–water partition coefficient (Wildman–Crippen LogP) is 2.35. The molecule has 1 aromatic rings. The lowest BCUT2D eigenvalue weighted by atomic mass is 10.1. The summed E-state index contributed by atoms with van der Waals surface area (Å²) in [6.07, 6.45) is 9.01. The van der Waals surface area contributed by atoms with Crippen LogP contribution in [0.25, 0.3) is 0 Å². The average molecular weight is 430 g/mol. The summed E-state index contributed by atoms with van der Waals surface area (Å²) in [5.41, 5.74) is 23.1. The number of aryl methyl sites for hydroxylation is 1. The molecule has 3 aliphatic rings. The highest BCUT2D eigenvalue weighted by molar-refractivity contribution is 5.50. The average Bonchev–Trinajstić information content (AvgIpc) is 3.03. The third-order valence-electron chi connectivity index (χ3n) is 7.73. The fourth-order valence-corrected chi connectivity index (χ4v) is 6.00. The molecule has 2 heterocycles. The molecule has 1 saturated carbocycles. The van der Waals surface area contributed by atoms with Crippen molar-refractivity contribution in [2.45, 2.75) is 96.2 Å². The molecule has 7 heteroatoms. The summed E-state index contributed by atoms with van der Waals surface area (Å²) >= 11 is 0. The van der Waals surface area contributed by atoms with Crippen LogP contribution in [-0.2, 0) is 0 Å². The van der Waals surface area contributed by atoms with Crippen LogP contribution in [0.5, 0.6) is 0 Å². The van der Waals surface area contributed by atoms with Crippen LogP contribution < -0.4 is 22.1 Å². The van der Waals surface area contributed by atoms with Crippen LogP contribution >= 0.6 is 0 Å². The van der Waals surface area contributed by atoms with Crippen molar-refractivity contribution >= 4 is 5.69 Å².